The van der Waals surface area contributed by atoms with E-state index in [4.69, 9.17) is 0 Å². The van der Waals surface area contributed by atoms with Crippen molar-refractivity contribution in [3.05, 3.63) is 16.1 Å². The van der Waals surface area contributed by atoms with Gasteiger partial charge >= 0.3 is 0 Å². The van der Waals surface area contributed by atoms with Crippen molar-refractivity contribution in [3.63, 3.8) is 0 Å². The minimum absolute atomic E-state index is 0.0129. The van der Waals surface area contributed by atoms with E-state index >= 15 is 0 Å². The molecule has 1 saturated heterocycles. The van der Waals surface area contributed by atoms with Crippen molar-refractivity contribution >= 4 is 23.2 Å². The van der Waals surface area contributed by atoms with E-state index in [1.807, 2.05) is 13.8 Å². The van der Waals surface area contributed by atoms with Crippen LogP contribution in [0.3, 0.4) is 0 Å². The van der Waals surface area contributed by atoms with E-state index in [0.717, 1.165) is 5.01 Å². The zero-order valence-corrected chi connectivity index (χ0v) is 14.1. The van der Waals surface area contributed by atoms with Crippen LogP contribution in [0.5, 0.6) is 0 Å². The summed E-state index contributed by atoms with van der Waals surface area (Å²) in [6.07, 6.45) is 2.27. The summed E-state index contributed by atoms with van der Waals surface area (Å²) < 4.78 is 0. The van der Waals surface area contributed by atoms with Gasteiger partial charge in [0.15, 0.2) is 0 Å². The van der Waals surface area contributed by atoms with Crippen LogP contribution in [0.2, 0.25) is 0 Å². The molecule has 0 bridgehead atoms. The van der Waals surface area contributed by atoms with Gasteiger partial charge in [-0.2, -0.15) is 0 Å². The molecule has 1 aliphatic rings. The standard InChI is InChI=1S/C15H23N3O2S/c1-9(2)18-7-6-10(13(18)20)17-12(19)11-8-16-14(21-11)15(3,4)5/h8-10H,6-7H2,1-5H3,(H,17,19). The van der Waals surface area contributed by atoms with Crippen LogP contribution in [-0.2, 0) is 10.2 Å². The summed E-state index contributed by atoms with van der Waals surface area (Å²) in [6.45, 7) is 10.9. The third-order valence-corrected chi connectivity index (χ3v) is 4.96. The number of nitrogens with zero attached hydrogens (tertiary/aromatic N) is 2. The molecule has 116 valence electrons. The minimum Gasteiger partial charge on any atom is -0.339 e. The van der Waals surface area contributed by atoms with Crippen molar-refractivity contribution in [2.75, 3.05) is 6.54 Å². The molecule has 1 N–H and O–H groups in total. The average Bonchev–Trinajstić information content (AvgIpc) is 2.96. The number of carbonyl (C=O) groups is 2. The van der Waals surface area contributed by atoms with E-state index in [1.165, 1.54) is 11.3 Å². The summed E-state index contributed by atoms with van der Waals surface area (Å²) in [5, 5.41) is 3.76. The molecule has 6 heteroatoms. The molecule has 0 radical (unpaired) electrons. The second kappa shape index (κ2) is 5.75. The maximum Gasteiger partial charge on any atom is 0.263 e. The van der Waals surface area contributed by atoms with Crippen LogP contribution >= 0.6 is 11.3 Å². The van der Waals surface area contributed by atoms with Gasteiger partial charge in [-0.3, -0.25) is 9.59 Å². The quantitative estimate of drug-likeness (QED) is 0.931. The monoisotopic (exact) mass is 309 g/mol. The highest BCUT2D eigenvalue weighted by Crippen LogP contribution is 2.27. The maximum atomic E-state index is 12.3. The molecule has 1 aliphatic heterocycles. The van der Waals surface area contributed by atoms with Gasteiger partial charge in [-0.15, -0.1) is 11.3 Å². The molecule has 2 heterocycles. The first-order chi connectivity index (χ1) is 9.70. The fourth-order valence-corrected chi connectivity index (χ4v) is 3.18. The molecular formula is C15H23N3O2S. The summed E-state index contributed by atoms with van der Waals surface area (Å²) in [6, 6.07) is -0.226. The normalized spacial score (nSPS) is 19.4. The molecule has 2 rings (SSSR count). The fourth-order valence-electron chi connectivity index (χ4n) is 2.30. The van der Waals surface area contributed by atoms with Gasteiger partial charge in [0.1, 0.15) is 10.9 Å². The van der Waals surface area contributed by atoms with Gasteiger partial charge < -0.3 is 10.2 Å². The highest BCUT2D eigenvalue weighted by Gasteiger charge is 2.34. The molecule has 21 heavy (non-hydrogen) atoms. The van der Waals surface area contributed by atoms with Crippen LogP contribution in [0, 0.1) is 0 Å². The summed E-state index contributed by atoms with van der Waals surface area (Å²) in [5.74, 6) is -0.189. The smallest absolute Gasteiger partial charge is 0.263 e. The zero-order valence-electron chi connectivity index (χ0n) is 13.3. The minimum atomic E-state index is -0.403. The number of aromatic nitrogens is 1. The highest BCUT2D eigenvalue weighted by atomic mass is 32.1. The second-order valence-corrected chi connectivity index (χ2v) is 7.75. The van der Waals surface area contributed by atoms with Gasteiger partial charge in [0.2, 0.25) is 5.91 Å². The van der Waals surface area contributed by atoms with Gasteiger partial charge in [-0.25, -0.2) is 4.98 Å². The lowest BCUT2D eigenvalue weighted by molar-refractivity contribution is -0.130. The number of rotatable bonds is 3. The van der Waals surface area contributed by atoms with Crippen molar-refractivity contribution in [2.24, 2.45) is 0 Å². The summed E-state index contributed by atoms with van der Waals surface area (Å²) >= 11 is 1.39. The van der Waals surface area contributed by atoms with Gasteiger partial charge in [0.05, 0.1) is 11.2 Å². The Kier molecular flexibility index (Phi) is 4.37. The van der Waals surface area contributed by atoms with E-state index in [1.54, 1.807) is 11.1 Å². The topological polar surface area (TPSA) is 62.3 Å². The lowest BCUT2D eigenvalue weighted by Gasteiger charge is -2.21. The Balaban J connectivity index is 2.03. The number of nitrogens with one attached hydrogen (secondary N) is 1. The maximum absolute atomic E-state index is 12.3. The van der Waals surface area contributed by atoms with Crippen molar-refractivity contribution in [2.45, 2.75) is 58.5 Å². The van der Waals surface area contributed by atoms with Crippen LogP contribution in [0.25, 0.3) is 0 Å². The Morgan fingerprint density at radius 3 is 2.62 bits per heavy atom. The largest absolute Gasteiger partial charge is 0.339 e. The third-order valence-electron chi connectivity index (χ3n) is 3.54. The number of carbonyl (C=O) groups excluding carboxylic acids is 2. The van der Waals surface area contributed by atoms with Gasteiger partial charge in [-0.1, -0.05) is 20.8 Å². The predicted octanol–water partition coefficient (Wildman–Crippen LogP) is 2.18. The number of likely N-dealkylation sites (tertiary alicyclic amines) is 1. The van der Waals surface area contributed by atoms with E-state index < -0.39 is 6.04 Å². The van der Waals surface area contributed by atoms with E-state index in [9.17, 15) is 9.59 Å². The van der Waals surface area contributed by atoms with Crippen molar-refractivity contribution < 1.29 is 9.59 Å². The summed E-state index contributed by atoms with van der Waals surface area (Å²) in [5.41, 5.74) is -0.0686. The number of hydrogen-bond donors (Lipinski definition) is 1. The van der Waals surface area contributed by atoms with Gasteiger partial charge in [-0.05, 0) is 20.3 Å². The Labute approximate surface area is 129 Å². The summed E-state index contributed by atoms with van der Waals surface area (Å²) in [4.78, 5) is 31.1. The lowest BCUT2D eigenvalue weighted by atomic mass is 9.98. The highest BCUT2D eigenvalue weighted by molar-refractivity contribution is 7.13. The van der Waals surface area contributed by atoms with Gasteiger partial charge in [0, 0.05) is 18.0 Å². The molecule has 1 aromatic heterocycles. The van der Waals surface area contributed by atoms with E-state index in [0.29, 0.717) is 17.8 Å². The zero-order chi connectivity index (χ0) is 15.8. The van der Waals surface area contributed by atoms with E-state index in [-0.39, 0.29) is 23.3 Å². The molecule has 0 saturated carbocycles. The van der Waals surface area contributed by atoms with E-state index in [2.05, 4.69) is 31.1 Å². The number of amides is 2. The molecule has 1 aromatic rings. The molecule has 2 amide bonds. The Morgan fingerprint density at radius 2 is 2.14 bits per heavy atom. The molecular weight excluding hydrogens is 286 g/mol. The Morgan fingerprint density at radius 1 is 1.48 bits per heavy atom. The van der Waals surface area contributed by atoms with Crippen LogP contribution in [-0.4, -0.2) is 40.3 Å². The molecule has 1 atom stereocenters. The molecule has 0 aliphatic carbocycles. The van der Waals surface area contributed by atoms with Crippen LogP contribution in [0.1, 0.15) is 55.7 Å². The van der Waals surface area contributed by atoms with Crippen LogP contribution in [0.4, 0.5) is 0 Å². The third kappa shape index (κ3) is 3.43. The number of thiazole rings is 1. The molecule has 0 aromatic carbocycles. The summed E-state index contributed by atoms with van der Waals surface area (Å²) in [7, 11) is 0. The Bertz CT molecular complexity index is 545. The average molecular weight is 309 g/mol. The Hall–Kier alpha value is -1.43. The van der Waals surface area contributed by atoms with Crippen molar-refractivity contribution in [1.29, 1.82) is 0 Å². The fraction of sp³-hybridized carbons (Fsp3) is 0.667. The van der Waals surface area contributed by atoms with Gasteiger partial charge in [0.25, 0.3) is 5.91 Å². The van der Waals surface area contributed by atoms with Crippen LogP contribution < -0.4 is 5.32 Å². The molecule has 1 fully saturated rings. The van der Waals surface area contributed by atoms with Crippen LogP contribution in [0.15, 0.2) is 6.20 Å². The molecule has 5 nitrogen and oxygen atoms in total. The first kappa shape index (κ1) is 15.9. The number of hydrogen-bond acceptors (Lipinski definition) is 4. The molecule has 1 unspecified atom stereocenters. The first-order valence-electron chi connectivity index (χ1n) is 7.28. The SMILES string of the molecule is CC(C)N1CCC(NC(=O)c2cnc(C(C)(C)C)s2)C1=O. The lowest BCUT2D eigenvalue weighted by Crippen LogP contribution is -2.43. The predicted molar refractivity (Wildman–Crippen MR) is 83.5 cm³/mol. The first-order valence-corrected chi connectivity index (χ1v) is 8.09. The second-order valence-electron chi connectivity index (χ2n) is 6.72. The molecule has 0 spiro atoms. The van der Waals surface area contributed by atoms with Crippen molar-refractivity contribution in [3.8, 4) is 0 Å². The van der Waals surface area contributed by atoms with Crippen molar-refractivity contribution in [1.82, 2.24) is 15.2 Å².